The Kier molecular flexibility index (Phi) is 3.51. The number of nitrogens with one attached hydrogen (secondary N) is 1. The first-order valence-corrected chi connectivity index (χ1v) is 5.88. The Morgan fingerprint density at radius 3 is 2.88 bits per heavy atom. The molecule has 0 radical (unpaired) electrons. The quantitative estimate of drug-likeness (QED) is 0.553. The molecule has 4 nitrogen and oxygen atoms in total. The van der Waals surface area contributed by atoms with Crippen molar-refractivity contribution in [3.8, 4) is 0 Å². The van der Waals surface area contributed by atoms with Crippen molar-refractivity contribution in [1.82, 2.24) is 10.4 Å². The molecule has 1 atom stereocenters. The second kappa shape index (κ2) is 5.07. The summed E-state index contributed by atoms with van der Waals surface area (Å²) >= 11 is 1.68. The molecule has 16 heavy (non-hydrogen) atoms. The van der Waals surface area contributed by atoms with Crippen LogP contribution < -0.4 is 17.0 Å². The van der Waals surface area contributed by atoms with E-state index in [1.54, 1.807) is 17.5 Å². The fourth-order valence-electron chi connectivity index (χ4n) is 1.57. The van der Waals surface area contributed by atoms with Crippen molar-refractivity contribution in [2.45, 2.75) is 12.5 Å². The highest BCUT2D eigenvalue weighted by molar-refractivity contribution is 7.10. The normalized spacial score (nSPS) is 12.6. The van der Waals surface area contributed by atoms with Gasteiger partial charge in [0, 0.05) is 11.1 Å². The molecule has 1 unspecified atom stereocenters. The monoisotopic (exact) mass is 234 g/mol. The van der Waals surface area contributed by atoms with Gasteiger partial charge in [0.1, 0.15) is 5.82 Å². The van der Waals surface area contributed by atoms with Gasteiger partial charge in [-0.25, -0.2) is 4.98 Å². The fraction of sp³-hybridized carbons (Fsp3) is 0.182. The summed E-state index contributed by atoms with van der Waals surface area (Å²) in [6.07, 6.45) is 2.44. The summed E-state index contributed by atoms with van der Waals surface area (Å²) in [6, 6.07) is 8.01. The van der Waals surface area contributed by atoms with Crippen molar-refractivity contribution in [3.63, 3.8) is 0 Å². The van der Waals surface area contributed by atoms with Crippen molar-refractivity contribution in [2.24, 2.45) is 5.84 Å². The average Bonchev–Trinajstić information content (AvgIpc) is 2.81. The smallest absolute Gasteiger partial charge is 0.126 e. The van der Waals surface area contributed by atoms with E-state index in [4.69, 9.17) is 11.6 Å². The molecule has 2 heterocycles. The molecule has 5 heteroatoms. The third-order valence-corrected chi connectivity index (χ3v) is 3.42. The van der Waals surface area contributed by atoms with Crippen molar-refractivity contribution in [1.29, 1.82) is 0 Å². The number of rotatable bonds is 4. The summed E-state index contributed by atoms with van der Waals surface area (Å²) < 4.78 is 0. The Labute approximate surface area is 98.3 Å². The highest BCUT2D eigenvalue weighted by Crippen LogP contribution is 2.23. The maximum Gasteiger partial charge on any atom is 0.126 e. The molecule has 0 saturated heterocycles. The predicted octanol–water partition coefficient (Wildman–Crippen LogP) is 1.47. The van der Waals surface area contributed by atoms with Crippen LogP contribution in [0.3, 0.4) is 0 Å². The van der Waals surface area contributed by atoms with Crippen LogP contribution in [0.2, 0.25) is 0 Å². The number of nitrogens with zero attached hydrogens (tertiary/aromatic N) is 1. The van der Waals surface area contributed by atoms with Crippen LogP contribution in [0.25, 0.3) is 0 Å². The van der Waals surface area contributed by atoms with Gasteiger partial charge in [0.15, 0.2) is 0 Å². The maximum atomic E-state index is 5.80. The number of anilines is 1. The van der Waals surface area contributed by atoms with Gasteiger partial charge in [0.05, 0.1) is 6.04 Å². The largest absolute Gasteiger partial charge is 0.383 e. The molecule has 0 bridgehead atoms. The lowest BCUT2D eigenvalue weighted by Crippen LogP contribution is -2.29. The van der Waals surface area contributed by atoms with Gasteiger partial charge in [-0.15, -0.1) is 11.3 Å². The Morgan fingerprint density at radius 1 is 1.38 bits per heavy atom. The van der Waals surface area contributed by atoms with E-state index in [0.29, 0.717) is 5.82 Å². The SMILES string of the molecule is NNC(Cc1cccnc1N)c1cccs1. The molecule has 84 valence electrons. The molecule has 2 aromatic heterocycles. The highest BCUT2D eigenvalue weighted by Gasteiger charge is 2.13. The van der Waals surface area contributed by atoms with Crippen LogP contribution >= 0.6 is 11.3 Å². The first-order chi connectivity index (χ1) is 7.81. The van der Waals surface area contributed by atoms with E-state index in [1.165, 1.54) is 4.88 Å². The van der Waals surface area contributed by atoms with Crippen LogP contribution in [0.1, 0.15) is 16.5 Å². The standard InChI is InChI=1S/C11H14N4S/c12-11-8(3-1-5-14-11)7-9(15-13)10-4-2-6-16-10/h1-6,9,15H,7,13H2,(H2,12,14). The van der Waals surface area contributed by atoms with E-state index >= 15 is 0 Å². The lowest BCUT2D eigenvalue weighted by atomic mass is 10.1. The van der Waals surface area contributed by atoms with E-state index in [2.05, 4.69) is 16.5 Å². The van der Waals surface area contributed by atoms with Crippen LogP contribution in [0.15, 0.2) is 35.8 Å². The summed E-state index contributed by atoms with van der Waals surface area (Å²) in [6.45, 7) is 0. The fourth-order valence-corrected chi connectivity index (χ4v) is 2.36. The summed E-state index contributed by atoms with van der Waals surface area (Å²) in [5.74, 6) is 6.13. The molecule has 0 aliphatic carbocycles. The molecule has 2 aromatic rings. The minimum absolute atomic E-state index is 0.0894. The number of hydrogen-bond acceptors (Lipinski definition) is 5. The number of nitrogens with two attached hydrogens (primary N) is 2. The van der Waals surface area contributed by atoms with Gasteiger partial charge in [0.25, 0.3) is 0 Å². The van der Waals surface area contributed by atoms with Crippen LogP contribution in [0, 0.1) is 0 Å². The number of hydrazine groups is 1. The molecule has 0 aromatic carbocycles. The van der Waals surface area contributed by atoms with Crippen LogP contribution in [0.5, 0.6) is 0 Å². The molecular formula is C11H14N4S. The number of thiophene rings is 1. The minimum Gasteiger partial charge on any atom is -0.383 e. The molecule has 2 rings (SSSR count). The van der Waals surface area contributed by atoms with E-state index in [9.17, 15) is 0 Å². The Balaban J connectivity index is 2.17. The summed E-state index contributed by atoms with van der Waals surface area (Å²) in [5, 5.41) is 2.03. The zero-order chi connectivity index (χ0) is 11.4. The lowest BCUT2D eigenvalue weighted by molar-refractivity contribution is 0.560. The van der Waals surface area contributed by atoms with Crippen molar-refractivity contribution < 1.29 is 0 Å². The second-order valence-electron chi connectivity index (χ2n) is 3.49. The molecule has 0 aliphatic heterocycles. The van der Waals surface area contributed by atoms with Crippen LogP contribution in [-0.4, -0.2) is 4.98 Å². The molecule has 0 saturated carbocycles. The maximum absolute atomic E-state index is 5.80. The first-order valence-electron chi connectivity index (χ1n) is 5.00. The number of nitrogen functional groups attached to an aromatic ring is 1. The number of aromatic nitrogens is 1. The van der Waals surface area contributed by atoms with Crippen molar-refractivity contribution in [3.05, 3.63) is 46.3 Å². The van der Waals surface area contributed by atoms with Gasteiger partial charge in [-0.2, -0.15) is 0 Å². The summed E-state index contributed by atoms with van der Waals surface area (Å²) in [7, 11) is 0. The number of hydrogen-bond donors (Lipinski definition) is 3. The zero-order valence-corrected chi connectivity index (χ0v) is 9.58. The lowest BCUT2D eigenvalue weighted by Gasteiger charge is -2.14. The van der Waals surface area contributed by atoms with Gasteiger partial charge >= 0.3 is 0 Å². The summed E-state index contributed by atoms with van der Waals surface area (Å²) in [4.78, 5) is 5.26. The summed E-state index contributed by atoms with van der Waals surface area (Å²) in [5.41, 5.74) is 9.62. The zero-order valence-electron chi connectivity index (χ0n) is 8.76. The Bertz CT molecular complexity index is 441. The average molecular weight is 234 g/mol. The molecular weight excluding hydrogens is 220 g/mol. The highest BCUT2D eigenvalue weighted by atomic mass is 32.1. The third-order valence-electron chi connectivity index (χ3n) is 2.44. The molecule has 0 fully saturated rings. The number of pyridine rings is 1. The van der Waals surface area contributed by atoms with Gasteiger partial charge < -0.3 is 5.73 Å². The van der Waals surface area contributed by atoms with E-state index in [0.717, 1.165) is 12.0 Å². The Morgan fingerprint density at radius 2 is 2.25 bits per heavy atom. The first kappa shape index (κ1) is 11.1. The van der Waals surface area contributed by atoms with Crippen molar-refractivity contribution in [2.75, 3.05) is 5.73 Å². The molecule has 0 amide bonds. The minimum atomic E-state index is 0.0894. The second-order valence-corrected chi connectivity index (χ2v) is 4.47. The van der Waals surface area contributed by atoms with Gasteiger partial charge in [-0.05, 0) is 29.5 Å². The topological polar surface area (TPSA) is 77.0 Å². The predicted molar refractivity (Wildman–Crippen MR) is 66.7 cm³/mol. The van der Waals surface area contributed by atoms with E-state index in [1.807, 2.05) is 23.6 Å². The van der Waals surface area contributed by atoms with E-state index in [-0.39, 0.29) is 6.04 Å². The van der Waals surface area contributed by atoms with Gasteiger partial charge in [0.2, 0.25) is 0 Å². The third kappa shape index (κ3) is 2.38. The van der Waals surface area contributed by atoms with Gasteiger partial charge in [-0.1, -0.05) is 12.1 Å². The molecule has 0 spiro atoms. The van der Waals surface area contributed by atoms with Crippen LogP contribution in [0.4, 0.5) is 5.82 Å². The van der Waals surface area contributed by atoms with Crippen molar-refractivity contribution >= 4 is 17.2 Å². The molecule has 5 N–H and O–H groups in total. The van der Waals surface area contributed by atoms with Gasteiger partial charge in [-0.3, -0.25) is 11.3 Å². The van der Waals surface area contributed by atoms with Crippen LogP contribution in [-0.2, 0) is 6.42 Å². The van der Waals surface area contributed by atoms with E-state index < -0.39 is 0 Å². The molecule has 0 aliphatic rings. The Hall–Kier alpha value is -1.43.